The van der Waals surface area contributed by atoms with Crippen molar-refractivity contribution in [2.75, 3.05) is 0 Å². The molecular weight excluding hydrogens is 196 g/mol. The van der Waals surface area contributed by atoms with Crippen molar-refractivity contribution in [3.05, 3.63) is 36.4 Å². The molecule has 5 nitrogen and oxygen atoms in total. The molecule has 0 aliphatic heterocycles. The van der Waals surface area contributed by atoms with Crippen LogP contribution in [0.15, 0.2) is 36.4 Å². The first-order valence-corrected chi connectivity index (χ1v) is 4.13. The number of nitrogens with zero attached hydrogens (tertiary/aromatic N) is 1. The molecule has 1 aromatic carbocycles. The van der Waals surface area contributed by atoms with Gasteiger partial charge in [-0.1, -0.05) is 18.2 Å². The maximum absolute atomic E-state index is 9.02. The van der Waals surface area contributed by atoms with Crippen LogP contribution in [0.3, 0.4) is 0 Å². The van der Waals surface area contributed by atoms with Crippen LogP contribution in [0.1, 0.15) is 0 Å². The largest absolute Gasteiger partial charge is 0.493 e. The minimum Gasteiger partial charge on any atom is -0.493 e. The molecule has 0 unspecified atom stereocenters. The second-order valence-corrected chi connectivity index (χ2v) is 2.70. The van der Waals surface area contributed by atoms with E-state index in [1.54, 1.807) is 6.07 Å². The fraction of sp³-hybridized carbons (Fsp3) is 0. The Labute approximate surface area is 85.8 Å². The number of para-hydroxylation sites is 1. The van der Waals surface area contributed by atoms with Crippen molar-refractivity contribution in [1.29, 1.82) is 0 Å². The number of fused-ring (bicyclic) bond motifs is 1. The van der Waals surface area contributed by atoms with Crippen LogP contribution in [0.4, 0.5) is 4.79 Å². The van der Waals surface area contributed by atoms with Crippen molar-refractivity contribution in [1.82, 2.24) is 4.98 Å². The van der Waals surface area contributed by atoms with Gasteiger partial charge in [0.1, 0.15) is 0 Å². The van der Waals surface area contributed by atoms with Gasteiger partial charge in [0.25, 0.3) is 0 Å². The second kappa shape index (κ2) is 4.80. The maximum atomic E-state index is 9.02. The summed E-state index contributed by atoms with van der Waals surface area (Å²) >= 11 is 0. The average molecular weight is 206 g/mol. The Hall–Kier alpha value is -2.30. The predicted octanol–water partition coefficient (Wildman–Crippen LogP) is 1.56. The minimum atomic E-state index is -1.33. The fourth-order valence-corrected chi connectivity index (χ4v) is 1.06. The third-order valence-corrected chi connectivity index (χ3v) is 1.58. The SMILES string of the molecule is NC(=O)O.Oc1ccc2ccccc2n1. The van der Waals surface area contributed by atoms with Crippen molar-refractivity contribution in [2.24, 2.45) is 5.73 Å². The number of benzene rings is 1. The highest BCUT2D eigenvalue weighted by Crippen LogP contribution is 2.14. The number of hydrogen-bond acceptors (Lipinski definition) is 3. The molecule has 0 aliphatic rings. The van der Waals surface area contributed by atoms with Crippen LogP contribution < -0.4 is 5.73 Å². The van der Waals surface area contributed by atoms with E-state index in [9.17, 15) is 0 Å². The Morgan fingerprint density at radius 3 is 2.47 bits per heavy atom. The van der Waals surface area contributed by atoms with Crippen LogP contribution in [-0.2, 0) is 0 Å². The quantitative estimate of drug-likeness (QED) is 0.609. The molecule has 0 atom stereocenters. The van der Waals surface area contributed by atoms with Gasteiger partial charge >= 0.3 is 6.09 Å². The monoisotopic (exact) mass is 206 g/mol. The van der Waals surface area contributed by atoms with Crippen LogP contribution in [0.2, 0.25) is 0 Å². The maximum Gasteiger partial charge on any atom is 0.402 e. The van der Waals surface area contributed by atoms with Gasteiger partial charge in [-0.05, 0) is 12.1 Å². The number of primary amides is 1. The lowest BCUT2D eigenvalue weighted by Gasteiger charge is -1.95. The van der Waals surface area contributed by atoms with Gasteiger partial charge < -0.3 is 15.9 Å². The van der Waals surface area contributed by atoms with E-state index < -0.39 is 6.09 Å². The van der Waals surface area contributed by atoms with Gasteiger partial charge in [0, 0.05) is 11.5 Å². The fourth-order valence-electron chi connectivity index (χ4n) is 1.06. The van der Waals surface area contributed by atoms with Gasteiger partial charge in [-0.2, -0.15) is 0 Å². The van der Waals surface area contributed by atoms with Gasteiger partial charge in [-0.25, -0.2) is 9.78 Å². The number of aromatic hydroxyl groups is 1. The van der Waals surface area contributed by atoms with E-state index in [1.807, 2.05) is 30.3 Å². The molecule has 78 valence electrons. The zero-order chi connectivity index (χ0) is 11.3. The Balaban J connectivity index is 0.000000245. The molecule has 1 heterocycles. The van der Waals surface area contributed by atoms with E-state index in [0.29, 0.717) is 0 Å². The third-order valence-electron chi connectivity index (χ3n) is 1.58. The Morgan fingerprint density at radius 2 is 1.80 bits per heavy atom. The van der Waals surface area contributed by atoms with Crippen LogP contribution >= 0.6 is 0 Å². The first kappa shape index (κ1) is 10.8. The summed E-state index contributed by atoms with van der Waals surface area (Å²) in [6.07, 6.45) is -1.33. The summed E-state index contributed by atoms with van der Waals surface area (Å²) in [6, 6.07) is 11.1. The summed E-state index contributed by atoms with van der Waals surface area (Å²) in [4.78, 5) is 12.7. The molecule has 5 heteroatoms. The molecule has 4 N–H and O–H groups in total. The topological polar surface area (TPSA) is 96.4 Å². The summed E-state index contributed by atoms with van der Waals surface area (Å²) < 4.78 is 0. The van der Waals surface area contributed by atoms with Gasteiger partial charge in [-0.3, -0.25) is 0 Å². The Morgan fingerprint density at radius 1 is 1.20 bits per heavy atom. The molecule has 0 saturated heterocycles. The molecule has 15 heavy (non-hydrogen) atoms. The standard InChI is InChI=1S/C9H7NO.CH3NO2/c11-9-6-5-7-3-1-2-4-8(7)10-9;2-1(3)4/h1-6H,(H,10,11);2H2,(H,3,4). The number of nitrogens with two attached hydrogens (primary N) is 1. The Kier molecular flexibility index (Phi) is 3.45. The third kappa shape index (κ3) is 3.51. The molecule has 1 aromatic heterocycles. The predicted molar refractivity (Wildman–Crippen MR) is 55.6 cm³/mol. The van der Waals surface area contributed by atoms with Crippen molar-refractivity contribution < 1.29 is 15.0 Å². The molecule has 2 rings (SSSR count). The van der Waals surface area contributed by atoms with Crippen LogP contribution in [-0.4, -0.2) is 21.3 Å². The van der Waals surface area contributed by atoms with Crippen molar-refractivity contribution in [3.8, 4) is 5.88 Å². The highest BCUT2D eigenvalue weighted by atomic mass is 16.4. The summed E-state index contributed by atoms with van der Waals surface area (Å²) in [7, 11) is 0. The number of amides is 1. The van der Waals surface area contributed by atoms with Crippen LogP contribution in [0, 0.1) is 0 Å². The van der Waals surface area contributed by atoms with Crippen molar-refractivity contribution >= 4 is 17.0 Å². The van der Waals surface area contributed by atoms with Gasteiger partial charge in [0.2, 0.25) is 5.88 Å². The van der Waals surface area contributed by atoms with Crippen molar-refractivity contribution in [3.63, 3.8) is 0 Å². The molecule has 0 radical (unpaired) electrons. The molecule has 1 amide bonds. The van der Waals surface area contributed by atoms with E-state index in [2.05, 4.69) is 10.7 Å². The average Bonchev–Trinajstić information content (AvgIpc) is 2.16. The summed E-state index contributed by atoms with van der Waals surface area (Å²) in [5.41, 5.74) is 4.85. The van der Waals surface area contributed by atoms with E-state index in [0.717, 1.165) is 10.9 Å². The molecule has 0 bridgehead atoms. The number of carbonyl (C=O) groups is 1. The molecule has 0 spiro atoms. The van der Waals surface area contributed by atoms with Gasteiger partial charge in [0.15, 0.2) is 0 Å². The zero-order valence-corrected chi connectivity index (χ0v) is 7.79. The number of aromatic nitrogens is 1. The molecular formula is C10H10N2O3. The summed E-state index contributed by atoms with van der Waals surface area (Å²) in [5.74, 6) is 0.0729. The van der Waals surface area contributed by atoms with Crippen LogP contribution in [0.5, 0.6) is 5.88 Å². The van der Waals surface area contributed by atoms with Crippen LogP contribution in [0.25, 0.3) is 10.9 Å². The first-order valence-electron chi connectivity index (χ1n) is 4.13. The first-order chi connectivity index (χ1) is 7.09. The second-order valence-electron chi connectivity index (χ2n) is 2.70. The number of carboxylic acid groups (broad SMARTS) is 1. The van der Waals surface area contributed by atoms with E-state index in [-0.39, 0.29) is 5.88 Å². The van der Waals surface area contributed by atoms with Gasteiger partial charge in [0.05, 0.1) is 5.52 Å². The summed E-state index contributed by atoms with van der Waals surface area (Å²) in [6.45, 7) is 0. The highest BCUT2D eigenvalue weighted by Gasteiger charge is 1.92. The van der Waals surface area contributed by atoms with E-state index in [1.165, 1.54) is 0 Å². The number of pyridine rings is 1. The normalized spacial score (nSPS) is 9.07. The lowest BCUT2D eigenvalue weighted by Crippen LogP contribution is -2.03. The Bertz CT molecular complexity index is 467. The lowest BCUT2D eigenvalue weighted by atomic mass is 10.2. The molecule has 0 saturated carbocycles. The van der Waals surface area contributed by atoms with Gasteiger partial charge in [-0.15, -0.1) is 0 Å². The van der Waals surface area contributed by atoms with E-state index in [4.69, 9.17) is 15.0 Å². The molecule has 0 fully saturated rings. The number of hydrogen-bond donors (Lipinski definition) is 3. The molecule has 0 aliphatic carbocycles. The zero-order valence-electron chi connectivity index (χ0n) is 7.79. The summed E-state index contributed by atoms with van der Waals surface area (Å²) in [5, 5.41) is 17.3. The van der Waals surface area contributed by atoms with Crippen molar-refractivity contribution in [2.45, 2.75) is 0 Å². The smallest absolute Gasteiger partial charge is 0.402 e. The van der Waals surface area contributed by atoms with E-state index >= 15 is 0 Å². The number of rotatable bonds is 0. The molecule has 2 aromatic rings. The lowest BCUT2D eigenvalue weighted by molar-refractivity contribution is 0.205. The minimum absolute atomic E-state index is 0.0729. The highest BCUT2D eigenvalue weighted by molar-refractivity contribution is 5.78.